The van der Waals surface area contributed by atoms with E-state index in [9.17, 15) is 4.79 Å². The molecule has 0 spiro atoms. The van der Waals surface area contributed by atoms with E-state index in [4.69, 9.17) is 14.2 Å². The zero-order chi connectivity index (χ0) is 19.2. The molecule has 0 atom stereocenters. The number of carbonyl (C=O) groups excluding carboxylic acids is 1. The van der Waals surface area contributed by atoms with Crippen LogP contribution >= 0.6 is 11.3 Å². The minimum atomic E-state index is -0.230. The maximum atomic E-state index is 12.5. The molecule has 140 valence electrons. The van der Waals surface area contributed by atoms with Gasteiger partial charge in [-0.2, -0.15) is 0 Å². The number of anilines is 1. The molecule has 1 amide bonds. The van der Waals surface area contributed by atoms with Crippen molar-refractivity contribution in [3.05, 3.63) is 64.1 Å². The molecule has 1 N–H and O–H groups in total. The molecule has 3 aromatic rings. The maximum absolute atomic E-state index is 12.5. The molecule has 0 bridgehead atoms. The van der Waals surface area contributed by atoms with Gasteiger partial charge < -0.3 is 19.5 Å². The Kier molecular flexibility index (Phi) is 5.93. The summed E-state index contributed by atoms with van der Waals surface area (Å²) in [5.41, 5.74) is 2.01. The molecule has 7 heteroatoms. The molecular weight excluding hydrogens is 364 g/mol. The highest BCUT2D eigenvalue weighted by atomic mass is 32.1. The topological polar surface area (TPSA) is 69.7 Å². The average Bonchev–Trinajstić information content (AvgIpc) is 3.11. The molecule has 1 heterocycles. The van der Waals surface area contributed by atoms with E-state index < -0.39 is 0 Å². The number of nitrogens with zero attached hydrogens (tertiary/aromatic N) is 1. The summed E-state index contributed by atoms with van der Waals surface area (Å²) in [6.07, 6.45) is 0. The molecule has 27 heavy (non-hydrogen) atoms. The average molecular weight is 384 g/mol. The van der Waals surface area contributed by atoms with Gasteiger partial charge >= 0.3 is 0 Å². The molecule has 0 radical (unpaired) electrons. The Morgan fingerprint density at radius 1 is 1.04 bits per heavy atom. The van der Waals surface area contributed by atoms with Crippen LogP contribution in [-0.4, -0.2) is 25.1 Å². The van der Waals surface area contributed by atoms with E-state index in [1.165, 1.54) is 0 Å². The summed E-state index contributed by atoms with van der Waals surface area (Å²) in [5, 5.41) is 5.82. The van der Waals surface area contributed by atoms with Gasteiger partial charge in [0.05, 0.1) is 24.9 Å². The van der Waals surface area contributed by atoms with Crippen LogP contribution in [0.15, 0.2) is 47.8 Å². The highest BCUT2D eigenvalue weighted by Crippen LogP contribution is 2.26. The molecular formula is C20H20N2O4S. The van der Waals surface area contributed by atoms with E-state index >= 15 is 0 Å². The molecule has 0 aliphatic rings. The summed E-state index contributed by atoms with van der Waals surface area (Å²) in [6, 6.07) is 12.2. The van der Waals surface area contributed by atoms with Crippen molar-refractivity contribution in [2.75, 3.05) is 19.5 Å². The SMILES string of the molecule is COc1cc(NC(=O)c2ccc(OCc3csc(C)n3)cc2)cc(OC)c1. The molecule has 0 aliphatic heterocycles. The summed E-state index contributed by atoms with van der Waals surface area (Å²) in [6.45, 7) is 2.36. The van der Waals surface area contributed by atoms with Crippen LogP contribution in [0.2, 0.25) is 0 Å². The minimum absolute atomic E-state index is 0.230. The second kappa shape index (κ2) is 8.55. The zero-order valence-electron chi connectivity index (χ0n) is 15.3. The van der Waals surface area contributed by atoms with Gasteiger partial charge in [0, 0.05) is 34.8 Å². The second-order valence-corrected chi connectivity index (χ2v) is 6.79. The predicted octanol–water partition coefficient (Wildman–Crippen LogP) is 4.30. The quantitative estimate of drug-likeness (QED) is 0.658. The molecule has 0 aliphatic carbocycles. The fraction of sp³-hybridized carbons (Fsp3) is 0.200. The molecule has 0 fully saturated rings. The first-order valence-electron chi connectivity index (χ1n) is 8.25. The number of hydrogen-bond acceptors (Lipinski definition) is 6. The highest BCUT2D eigenvalue weighted by Gasteiger charge is 2.09. The summed E-state index contributed by atoms with van der Waals surface area (Å²) < 4.78 is 16.1. The van der Waals surface area contributed by atoms with Crippen molar-refractivity contribution in [1.29, 1.82) is 0 Å². The first-order chi connectivity index (χ1) is 13.1. The zero-order valence-corrected chi connectivity index (χ0v) is 16.1. The Balaban J connectivity index is 1.63. The van der Waals surface area contributed by atoms with Crippen LogP contribution in [0.3, 0.4) is 0 Å². The third-order valence-electron chi connectivity index (χ3n) is 3.78. The number of rotatable bonds is 7. The smallest absolute Gasteiger partial charge is 0.255 e. The van der Waals surface area contributed by atoms with E-state index in [1.807, 2.05) is 12.3 Å². The molecule has 0 saturated heterocycles. The third kappa shape index (κ3) is 4.98. The molecule has 2 aromatic carbocycles. The second-order valence-electron chi connectivity index (χ2n) is 5.73. The number of carbonyl (C=O) groups is 1. The number of thiazole rings is 1. The van der Waals surface area contributed by atoms with Gasteiger partial charge in [-0.05, 0) is 31.2 Å². The van der Waals surface area contributed by atoms with Gasteiger partial charge in [-0.25, -0.2) is 4.98 Å². The van der Waals surface area contributed by atoms with Crippen molar-refractivity contribution < 1.29 is 19.0 Å². The highest BCUT2D eigenvalue weighted by molar-refractivity contribution is 7.09. The van der Waals surface area contributed by atoms with Gasteiger partial charge in [-0.1, -0.05) is 0 Å². The first-order valence-corrected chi connectivity index (χ1v) is 9.13. The van der Waals surface area contributed by atoms with Crippen LogP contribution in [0.25, 0.3) is 0 Å². The minimum Gasteiger partial charge on any atom is -0.497 e. The van der Waals surface area contributed by atoms with Crippen LogP contribution in [0.4, 0.5) is 5.69 Å². The lowest BCUT2D eigenvalue weighted by Gasteiger charge is -2.10. The number of hydrogen-bond donors (Lipinski definition) is 1. The normalized spacial score (nSPS) is 10.3. The molecule has 1 aromatic heterocycles. The largest absolute Gasteiger partial charge is 0.497 e. The van der Waals surface area contributed by atoms with Crippen molar-refractivity contribution in [3.63, 3.8) is 0 Å². The summed E-state index contributed by atoms with van der Waals surface area (Å²) in [7, 11) is 3.12. The third-order valence-corrected chi connectivity index (χ3v) is 4.60. The van der Waals surface area contributed by atoms with Gasteiger partial charge in [0.15, 0.2) is 0 Å². The Labute approximate surface area is 161 Å². The van der Waals surface area contributed by atoms with Crippen LogP contribution in [0.1, 0.15) is 21.1 Å². The number of methoxy groups -OCH3 is 2. The van der Waals surface area contributed by atoms with E-state index in [2.05, 4.69) is 10.3 Å². The predicted molar refractivity (Wildman–Crippen MR) is 105 cm³/mol. The molecule has 3 rings (SSSR count). The number of amides is 1. The Morgan fingerprint density at radius 3 is 2.26 bits per heavy atom. The van der Waals surface area contributed by atoms with Gasteiger partial charge in [0.1, 0.15) is 23.9 Å². The number of ether oxygens (including phenoxy) is 3. The summed E-state index contributed by atoms with van der Waals surface area (Å²) in [4.78, 5) is 16.8. The van der Waals surface area contributed by atoms with Crippen molar-refractivity contribution in [2.45, 2.75) is 13.5 Å². The number of aromatic nitrogens is 1. The van der Waals surface area contributed by atoms with E-state index in [0.29, 0.717) is 35.1 Å². The van der Waals surface area contributed by atoms with Gasteiger partial charge in [-0.15, -0.1) is 11.3 Å². The van der Waals surface area contributed by atoms with E-state index in [-0.39, 0.29) is 5.91 Å². The Hall–Kier alpha value is -3.06. The van der Waals surface area contributed by atoms with Crippen molar-refractivity contribution in [2.24, 2.45) is 0 Å². The lowest BCUT2D eigenvalue weighted by atomic mass is 10.2. The van der Waals surface area contributed by atoms with Crippen molar-refractivity contribution >= 4 is 22.9 Å². The molecule has 0 unspecified atom stereocenters. The van der Waals surface area contributed by atoms with Crippen LogP contribution in [-0.2, 0) is 6.61 Å². The lowest BCUT2D eigenvalue weighted by molar-refractivity contribution is 0.102. The first kappa shape index (κ1) is 18.7. The summed E-state index contributed by atoms with van der Waals surface area (Å²) >= 11 is 1.59. The fourth-order valence-electron chi connectivity index (χ4n) is 2.42. The fourth-order valence-corrected chi connectivity index (χ4v) is 3.01. The van der Waals surface area contributed by atoms with Crippen LogP contribution in [0.5, 0.6) is 17.2 Å². The van der Waals surface area contributed by atoms with Crippen molar-refractivity contribution in [3.8, 4) is 17.2 Å². The van der Waals surface area contributed by atoms with Gasteiger partial charge in [0.2, 0.25) is 0 Å². The van der Waals surface area contributed by atoms with Crippen molar-refractivity contribution in [1.82, 2.24) is 4.98 Å². The van der Waals surface area contributed by atoms with Gasteiger partial charge in [0.25, 0.3) is 5.91 Å². The summed E-state index contributed by atoms with van der Waals surface area (Å²) in [5.74, 6) is 1.66. The number of aryl methyl sites for hydroxylation is 1. The molecule has 6 nitrogen and oxygen atoms in total. The number of nitrogens with one attached hydrogen (secondary N) is 1. The van der Waals surface area contributed by atoms with E-state index in [0.717, 1.165) is 10.7 Å². The Morgan fingerprint density at radius 2 is 1.70 bits per heavy atom. The van der Waals surface area contributed by atoms with Crippen LogP contribution < -0.4 is 19.5 Å². The lowest BCUT2D eigenvalue weighted by Crippen LogP contribution is -2.12. The van der Waals surface area contributed by atoms with E-state index in [1.54, 1.807) is 68.0 Å². The van der Waals surface area contributed by atoms with Gasteiger partial charge in [-0.3, -0.25) is 4.79 Å². The number of benzene rings is 2. The Bertz CT molecular complexity index is 900. The standard InChI is InChI=1S/C20H20N2O4S/c1-13-21-16(12-27-13)11-26-17-6-4-14(5-7-17)20(23)22-15-8-18(24-2)10-19(9-15)25-3/h4-10,12H,11H2,1-3H3,(H,22,23). The monoisotopic (exact) mass is 384 g/mol. The maximum Gasteiger partial charge on any atom is 0.255 e. The molecule has 0 saturated carbocycles. The van der Waals surface area contributed by atoms with Crippen LogP contribution in [0, 0.1) is 6.92 Å².